The van der Waals surface area contributed by atoms with Crippen LogP contribution in [0.1, 0.15) is 17.0 Å². The highest BCUT2D eigenvalue weighted by molar-refractivity contribution is 7.15. The van der Waals surface area contributed by atoms with Crippen molar-refractivity contribution in [2.45, 2.75) is 19.0 Å². The molecule has 0 spiro atoms. The normalized spacial score (nSPS) is 12.1. The number of nitrogens with zero attached hydrogens (tertiary/aromatic N) is 2. The summed E-state index contributed by atoms with van der Waals surface area (Å²) in [7, 11) is 1.50. The molecule has 3 nitrogen and oxygen atoms in total. The summed E-state index contributed by atoms with van der Waals surface area (Å²) in [5.74, 6) is 0. The first-order valence-corrected chi connectivity index (χ1v) is 6.54. The predicted octanol–water partition coefficient (Wildman–Crippen LogP) is 3.09. The molecule has 2 aromatic heterocycles. The quantitative estimate of drug-likeness (QED) is 0.939. The van der Waals surface area contributed by atoms with E-state index in [1.54, 1.807) is 6.07 Å². The summed E-state index contributed by atoms with van der Waals surface area (Å²) in [6, 6.07) is 4.71. The van der Waals surface area contributed by atoms with E-state index < -0.39 is 11.9 Å². The zero-order valence-electron chi connectivity index (χ0n) is 10.2. The zero-order chi connectivity index (χ0) is 14.0. The molecule has 2 heterocycles. The number of alkyl halides is 3. The molecule has 2 aromatic rings. The fourth-order valence-corrected chi connectivity index (χ4v) is 2.84. The maximum atomic E-state index is 12.6. The number of thiophene rings is 1. The van der Waals surface area contributed by atoms with Crippen LogP contribution in [-0.2, 0) is 19.6 Å². The molecule has 0 saturated carbocycles. The maximum absolute atomic E-state index is 12.6. The van der Waals surface area contributed by atoms with Crippen LogP contribution in [0.5, 0.6) is 0 Å². The Morgan fingerprint density at radius 2 is 2.11 bits per heavy atom. The molecule has 0 aliphatic rings. The van der Waals surface area contributed by atoms with Crippen molar-refractivity contribution in [3.05, 3.63) is 28.8 Å². The number of aliphatic hydroxyl groups is 1. The number of hydrogen-bond donors (Lipinski definition) is 1. The summed E-state index contributed by atoms with van der Waals surface area (Å²) in [4.78, 5) is 1.79. The first kappa shape index (κ1) is 14.1. The van der Waals surface area contributed by atoms with Crippen molar-refractivity contribution >= 4 is 11.3 Å². The topological polar surface area (TPSA) is 38.0 Å². The van der Waals surface area contributed by atoms with Crippen molar-refractivity contribution in [1.82, 2.24) is 9.78 Å². The van der Waals surface area contributed by atoms with E-state index in [1.165, 1.54) is 23.1 Å². The van der Waals surface area contributed by atoms with Crippen LogP contribution in [0.2, 0.25) is 0 Å². The molecule has 0 saturated heterocycles. The molecule has 1 N–H and O–H groups in total. The van der Waals surface area contributed by atoms with Crippen molar-refractivity contribution in [3.8, 4) is 10.6 Å². The van der Waals surface area contributed by atoms with Crippen molar-refractivity contribution < 1.29 is 18.3 Å². The van der Waals surface area contributed by atoms with Crippen LogP contribution in [0, 0.1) is 0 Å². The highest BCUT2D eigenvalue weighted by atomic mass is 32.1. The lowest BCUT2D eigenvalue weighted by atomic mass is 10.2. The lowest BCUT2D eigenvalue weighted by molar-refractivity contribution is -0.141. The van der Waals surface area contributed by atoms with E-state index in [1.807, 2.05) is 6.07 Å². The third kappa shape index (κ3) is 3.16. The third-order valence-electron chi connectivity index (χ3n) is 2.67. The summed E-state index contributed by atoms with van der Waals surface area (Å²) >= 11 is 1.42. The Hall–Kier alpha value is -1.34. The van der Waals surface area contributed by atoms with Crippen LogP contribution < -0.4 is 0 Å². The first-order valence-electron chi connectivity index (χ1n) is 5.73. The van der Waals surface area contributed by atoms with Gasteiger partial charge in [-0.3, -0.25) is 4.68 Å². The van der Waals surface area contributed by atoms with E-state index in [4.69, 9.17) is 5.11 Å². The smallest absolute Gasteiger partial charge is 0.396 e. The van der Waals surface area contributed by atoms with Gasteiger partial charge in [0.15, 0.2) is 5.69 Å². The van der Waals surface area contributed by atoms with Gasteiger partial charge in [0, 0.05) is 18.5 Å². The Kier molecular flexibility index (Phi) is 3.96. The van der Waals surface area contributed by atoms with Crippen LogP contribution in [0.3, 0.4) is 0 Å². The Morgan fingerprint density at radius 1 is 1.37 bits per heavy atom. The summed E-state index contributed by atoms with van der Waals surface area (Å²) in [6.45, 7) is 0.108. The largest absolute Gasteiger partial charge is 0.435 e. The van der Waals surface area contributed by atoms with Gasteiger partial charge < -0.3 is 5.11 Å². The van der Waals surface area contributed by atoms with Crippen molar-refractivity contribution in [2.75, 3.05) is 6.61 Å². The number of hydrogen-bond acceptors (Lipinski definition) is 3. The molecule has 0 aliphatic heterocycles. The van der Waals surface area contributed by atoms with Gasteiger partial charge in [0.1, 0.15) is 0 Å². The Bertz CT molecular complexity index is 560. The third-order valence-corrected chi connectivity index (χ3v) is 3.83. The summed E-state index contributed by atoms with van der Waals surface area (Å²) in [5.41, 5.74) is -0.428. The second-order valence-electron chi connectivity index (χ2n) is 4.13. The van der Waals surface area contributed by atoms with Gasteiger partial charge in [0.2, 0.25) is 0 Å². The minimum Gasteiger partial charge on any atom is -0.396 e. The molecule has 0 radical (unpaired) electrons. The van der Waals surface area contributed by atoms with Gasteiger partial charge in [0.25, 0.3) is 0 Å². The monoisotopic (exact) mass is 290 g/mol. The van der Waals surface area contributed by atoms with Gasteiger partial charge in [-0.05, 0) is 31.0 Å². The van der Waals surface area contributed by atoms with Crippen LogP contribution in [-0.4, -0.2) is 21.5 Å². The van der Waals surface area contributed by atoms with Crippen LogP contribution >= 0.6 is 11.3 Å². The Labute approximate surface area is 112 Å². The van der Waals surface area contributed by atoms with Gasteiger partial charge in [-0.2, -0.15) is 18.3 Å². The van der Waals surface area contributed by atoms with Gasteiger partial charge in [-0.15, -0.1) is 11.3 Å². The number of rotatable bonds is 4. The highest BCUT2D eigenvalue weighted by Crippen LogP contribution is 2.34. The fraction of sp³-hybridized carbons (Fsp3) is 0.417. The summed E-state index contributed by atoms with van der Waals surface area (Å²) in [6.07, 6.45) is -3.04. The zero-order valence-corrected chi connectivity index (χ0v) is 11.1. The molecule has 0 aromatic carbocycles. The summed E-state index contributed by atoms with van der Waals surface area (Å²) < 4.78 is 38.9. The minimum atomic E-state index is -4.42. The van der Waals surface area contributed by atoms with E-state index in [-0.39, 0.29) is 6.61 Å². The minimum absolute atomic E-state index is 0.108. The lowest BCUT2D eigenvalue weighted by Crippen LogP contribution is -2.06. The molecular weight excluding hydrogens is 277 g/mol. The second-order valence-corrected chi connectivity index (χ2v) is 5.30. The average Bonchev–Trinajstić information content (AvgIpc) is 2.91. The molecule has 0 bridgehead atoms. The van der Waals surface area contributed by atoms with E-state index in [9.17, 15) is 13.2 Å². The van der Waals surface area contributed by atoms with Crippen LogP contribution in [0.15, 0.2) is 18.2 Å². The molecular formula is C12H13F3N2OS. The fourth-order valence-electron chi connectivity index (χ4n) is 1.74. The van der Waals surface area contributed by atoms with Gasteiger partial charge in [0.05, 0.1) is 10.6 Å². The summed E-state index contributed by atoms with van der Waals surface area (Å²) in [5, 5.41) is 12.2. The first-order chi connectivity index (χ1) is 8.91. The SMILES string of the molecule is Cn1nc(C(F)(F)F)cc1-c1ccc(CCCO)s1. The van der Waals surface area contributed by atoms with Crippen LogP contribution in [0.4, 0.5) is 13.2 Å². The lowest BCUT2D eigenvalue weighted by Gasteiger charge is -1.98. The Morgan fingerprint density at radius 3 is 2.68 bits per heavy atom. The van der Waals surface area contributed by atoms with E-state index >= 15 is 0 Å². The average molecular weight is 290 g/mol. The molecule has 0 atom stereocenters. The molecule has 0 unspecified atom stereocenters. The predicted molar refractivity (Wildman–Crippen MR) is 66.9 cm³/mol. The van der Waals surface area contributed by atoms with E-state index in [0.29, 0.717) is 12.1 Å². The molecule has 2 rings (SSSR count). The Balaban J connectivity index is 2.26. The van der Waals surface area contributed by atoms with Crippen molar-refractivity contribution in [2.24, 2.45) is 7.05 Å². The number of aromatic nitrogens is 2. The van der Waals surface area contributed by atoms with Crippen LogP contribution in [0.25, 0.3) is 10.6 Å². The molecule has 0 aliphatic carbocycles. The molecule has 104 valence electrons. The van der Waals surface area contributed by atoms with Crippen molar-refractivity contribution in [3.63, 3.8) is 0 Å². The molecule has 0 amide bonds. The number of aryl methyl sites for hydroxylation is 2. The standard InChI is InChI=1S/C12H13F3N2OS/c1-17-9(7-11(16-17)12(13,14)15)10-5-4-8(19-10)3-2-6-18/h4-5,7,18H,2-3,6H2,1H3. The molecule has 0 fully saturated rings. The molecule has 19 heavy (non-hydrogen) atoms. The highest BCUT2D eigenvalue weighted by Gasteiger charge is 2.34. The van der Waals surface area contributed by atoms with Crippen molar-refractivity contribution in [1.29, 1.82) is 0 Å². The second kappa shape index (κ2) is 5.34. The number of halogens is 3. The number of aliphatic hydroxyl groups excluding tert-OH is 1. The van der Waals surface area contributed by atoms with Gasteiger partial charge in [-0.25, -0.2) is 0 Å². The molecule has 7 heteroatoms. The maximum Gasteiger partial charge on any atom is 0.435 e. The van der Waals surface area contributed by atoms with Gasteiger partial charge >= 0.3 is 6.18 Å². The van der Waals surface area contributed by atoms with E-state index in [0.717, 1.165) is 22.2 Å². The van der Waals surface area contributed by atoms with Gasteiger partial charge in [-0.1, -0.05) is 0 Å². The van der Waals surface area contributed by atoms with E-state index in [2.05, 4.69) is 5.10 Å².